The van der Waals surface area contributed by atoms with Crippen LogP contribution in [0.5, 0.6) is 0 Å². The summed E-state index contributed by atoms with van der Waals surface area (Å²) in [6.45, 7) is 8.47. The van der Waals surface area contributed by atoms with E-state index in [4.69, 9.17) is 9.57 Å². The molecule has 3 aliphatic rings. The predicted molar refractivity (Wildman–Crippen MR) is 93.1 cm³/mol. The second kappa shape index (κ2) is 7.30. The summed E-state index contributed by atoms with van der Waals surface area (Å²) in [5, 5.41) is 4.10. The Hall–Kier alpha value is -1.30. The molecule has 0 atom stereocenters. The molecule has 1 aliphatic carbocycles. The number of hydrogen-bond donors (Lipinski definition) is 0. The molecule has 0 N–H and O–H groups in total. The normalized spacial score (nSPS) is 32.0. The molecular formula is C18H31N3O3. The molecule has 0 aromatic heterocycles. The lowest BCUT2D eigenvalue weighted by Gasteiger charge is -2.51. The van der Waals surface area contributed by atoms with E-state index in [2.05, 4.69) is 17.0 Å². The van der Waals surface area contributed by atoms with Crippen LogP contribution in [0.4, 0.5) is 4.79 Å². The van der Waals surface area contributed by atoms with Gasteiger partial charge in [-0.25, -0.2) is 4.79 Å². The van der Waals surface area contributed by atoms with Crippen LogP contribution in [0.15, 0.2) is 5.16 Å². The van der Waals surface area contributed by atoms with E-state index in [-0.39, 0.29) is 6.09 Å². The maximum Gasteiger partial charge on any atom is 0.409 e. The van der Waals surface area contributed by atoms with Gasteiger partial charge in [0.25, 0.3) is 0 Å². The van der Waals surface area contributed by atoms with Crippen molar-refractivity contribution in [2.24, 2.45) is 16.5 Å². The van der Waals surface area contributed by atoms with Crippen LogP contribution in [-0.2, 0) is 9.57 Å². The fraction of sp³-hybridized carbons (Fsp3) is 0.889. The van der Waals surface area contributed by atoms with Crippen molar-refractivity contribution < 1.29 is 14.4 Å². The molecule has 6 nitrogen and oxygen atoms in total. The zero-order valence-electron chi connectivity index (χ0n) is 15.3. The molecular weight excluding hydrogens is 306 g/mol. The fourth-order valence-corrected chi connectivity index (χ4v) is 4.74. The number of hydrogen-bond acceptors (Lipinski definition) is 5. The van der Waals surface area contributed by atoms with Gasteiger partial charge in [0.15, 0.2) is 0 Å². The zero-order chi connectivity index (χ0) is 17.2. The lowest BCUT2D eigenvalue weighted by Crippen LogP contribution is -2.54. The average Bonchev–Trinajstić information content (AvgIpc) is 3.00. The van der Waals surface area contributed by atoms with Crippen molar-refractivity contribution in [3.05, 3.63) is 0 Å². The number of rotatable bonds is 4. The summed E-state index contributed by atoms with van der Waals surface area (Å²) < 4.78 is 5.14. The second-order valence-electron chi connectivity index (χ2n) is 7.66. The summed E-state index contributed by atoms with van der Waals surface area (Å²) in [5.74, 6) is 0.570. The van der Waals surface area contributed by atoms with Crippen molar-refractivity contribution in [3.63, 3.8) is 0 Å². The molecule has 6 heteroatoms. The van der Waals surface area contributed by atoms with E-state index in [1.54, 1.807) is 7.11 Å². The first-order valence-corrected chi connectivity index (χ1v) is 9.30. The van der Waals surface area contributed by atoms with E-state index in [1.165, 1.54) is 25.7 Å². The third-order valence-electron chi connectivity index (χ3n) is 6.17. The van der Waals surface area contributed by atoms with Gasteiger partial charge in [0.2, 0.25) is 0 Å². The Morgan fingerprint density at radius 1 is 1.25 bits per heavy atom. The number of carbonyl (C=O) groups is 1. The smallest absolute Gasteiger partial charge is 0.409 e. The Bertz CT molecular complexity index is 480. The fourth-order valence-electron chi connectivity index (χ4n) is 4.74. The van der Waals surface area contributed by atoms with E-state index < -0.39 is 0 Å². The van der Waals surface area contributed by atoms with Gasteiger partial charge in [-0.05, 0) is 64.5 Å². The predicted octanol–water partition coefficient (Wildman–Crippen LogP) is 2.73. The standard InChI is InChI=1S/C18H31N3O3/c1-4-24-17(22)21-10-7-18(13-21)11-16(12-18)20-8-5-15(6-9-20)14(2)19-23-3/h15-16H,4-13H2,1-3H3/b19-14+. The highest BCUT2D eigenvalue weighted by atomic mass is 16.6. The van der Waals surface area contributed by atoms with Crippen LogP contribution in [0.2, 0.25) is 0 Å². The Morgan fingerprint density at radius 2 is 1.96 bits per heavy atom. The van der Waals surface area contributed by atoms with Gasteiger partial charge in [0, 0.05) is 25.0 Å². The molecule has 3 fully saturated rings. The molecule has 1 amide bonds. The molecule has 0 bridgehead atoms. The first kappa shape index (κ1) is 17.5. The van der Waals surface area contributed by atoms with Crippen molar-refractivity contribution >= 4 is 11.8 Å². The minimum atomic E-state index is -0.133. The largest absolute Gasteiger partial charge is 0.450 e. The molecule has 0 aromatic rings. The van der Waals surface area contributed by atoms with Gasteiger partial charge >= 0.3 is 6.09 Å². The SMILES string of the molecule is CCOC(=O)N1CCC2(CC(N3CCC(/C(C)=N/OC)CC3)C2)C1. The summed E-state index contributed by atoms with van der Waals surface area (Å²) in [4.78, 5) is 21.3. The van der Waals surface area contributed by atoms with Crippen LogP contribution in [0.25, 0.3) is 0 Å². The van der Waals surface area contributed by atoms with E-state index in [0.29, 0.717) is 24.0 Å². The average molecular weight is 337 g/mol. The number of likely N-dealkylation sites (tertiary alicyclic amines) is 2. The first-order valence-electron chi connectivity index (χ1n) is 9.30. The minimum Gasteiger partial charge on any atom is -0.450 e. The van der Waals surface area contributed by atoms with Gasteiger partial charge < -0.3 is 19.4 Å². The van der Waals surface area contributed by atoms with Crippen molar-refractivity contribution in [2.75, 3.05) is 39.9 Å². The second-order valence-corrected chi connectivity index (χ2v) is 7.66. The summed E-state index contributed by atoms with van der Waals surface area (Å²) >= 11 is 0. The maximum atomic E-state index is 11.9. The third-order valence-corrected chi connectivity index (χ3v) is 6.17. The van der Waals surface area contributed by atoms with Crippen molar-refractivity contribution in [2.45, 2.75) is 52.0 Å². The van der Waals surface area contributed by atoms with Crippen LogP contribution < -0.4 is 0 Å². The van der Waals surface area contributed by atoms with Gasteiger partial charge in [-0.1, -0.05) is 5.16 Å². The van der Waals surface area contributed by atoms with Crippen molar-refractivity contribution in [1.29, 1.82) is 0 Å². The lowest BCUT2D eigenvalue weighted by molar-refractivity contribution is -0.00559. The summed E-state index contributed by atoms with van der Waals surface area (Å²) in [6, 6.07) is 0.702. The van der Waals surface area contributed by atoms with Crippen LogP contribution in [0.3, 0.4) is 0 Å². The molecule has 0 unspecified atom stereocenters. The number of nitrogens with zero attached hydrogens (tertiary/aromatic N) is 3. The molecule has 2 saturated heterocycles. The summed E-state index contributed by atoms with van der Waals surface area (Å²) in [5.41, 5.74) is 1.49. The third kappa shape index (κ3) is 3.53. The highest BCUT2D eigenvalue weighted by molar-refractivity contribution is 5.83. The van der Waals surface area contributed by atoms with Gasteiger partial charge in [-0.15, -0.1) is 0 Å². The Labute approximate surface area is 145 Å². The van der Waals surface area contributed by atoms with Crippen LogP contribution in [0, 0.1) is 11.3 Å². The zero-order valence-corrected chi connectivity index (χ0v) is 15.3. The highest BCUT2D eigenvalue weighted by Gasteiger charge is 2.51. The van der Waals surface area contributed by atoms with E-state index in [1.807, 2.05) is 11.8 Å². The van der Waals surface area contributed by atoms with Crippen molar-refractivity contribution in [3.8, 4) is 0 Å². The quantitative estimate of drug-likeness (QED) is 0.585. The maximum absolute atomic E-state index is 11.9. The molecule has 24 heavy (non-hydrogen) atoms. The summed E-state index contributed by atoms with van der Waals surface area (Å²) in [6.07, 6.45) is 5.83. The molecule has 2 aliphatic heterocycles. The van der Waals surface area contributed by atoms with Gasteiger partial charge in [0.1, 0.15) is 7.11 Å². The number of oxime groups is 1. The molecule has 0 aromatic carbocycles. The van der Waals surface area contributed by atoms with Gasteiger partial charge in [0.05, 0.1) is 12.3 Å². The minimum absolute atomic E-state index is 0.133. The van der Waals surface area contributed by atoms with Crippen LogP contribution in [0.1, 0.15) is 46.0 Å². The molecule has 3 rings (SSSR count). The number of amides is 1. The van der Waals surface area contributed by atoms with Crippen LogP contribution >= 0.6 is 0 Å². The molecule has 1 saturated carbocycles. The summed E-state index contributed by atoms with van der Waals surface area (Å²) in [7, 11) is 1.62. The monoisotopic (exact) mass is 337 g/mol. The van der Waals surface area contributed by atoms with E-state index in [0.717, 1.165) is 38.3 Å². The van der Waals surface area contributed by atoms with Gasteiger partial charge in [-0.3, -0.25) is 0 Å². The van der Waals surface area contributed by atoms with E-state index in [9.17, 15) is 4.79 Å². The number of carbonyl (C=O) groups excluding carboxylic acids is 1. The number of ether oxygens (including phenoxy) is 1. The lowest BCUT2D eigenvalue weighted by atomic mass is 9.64. The Balaban J connectivity index is 1.43. The van der Waals surface area contributed by atoms with Crippen LogP contribution in [-0.4, -0.2) is 67.5 Å². The van der Waals surface area contributed by atoms with Crippen molar-refractivity contribution in [1.82, 2.24) is 9.80 Å². The van der Waals surface area contributed by atoms with Gasteiger partial charge in [-0.2, -0.15) is 0 Å². The molecule has 2 heterocycles. The highest BCUT2D eigenvalue weighted by Crippen LogP contribution is 2.50. The Morgan fingerprint density at radius 3 is 2.58 bits per heavy atom. The molecule has 0 radical (unpaired) electrons. The number of piperidine rings is 1. The van der Waals surface area contributed by atoms with E-state index >= 15 is 0 Å². The Kier molecular flexibility index (Phi) is 5.33. The molecule has 1 spiro atoms. The molecule has 136 valence electrons. The topological polar surface area (TPSA) is 54.4 Å². The first-order chi connectivity index (χ1) is 11.6.